The maximum atomic E-state index is 13.0. The van der Waals surface area contributed by atoms with Gasteiger partial charge in [-0.1, -0.05) is 44.4 Å². The van der Waals surface area contributed by atoms with Crippen molar-refractivity contribution in [1.82, 2.24) is 14.8 Å². The van der Waals surface area contributed by atoms with Crippen LogP contribution in [0.15, 0.2) is 46.2 Å². The molecule has 0 aliphatic heterocycles. The van der Waals surface area contributed by atoms with Crippen LogP contribution in [-0.2, 0) is 4.79 Å². The number of rotatable bonds is 7. The molecule has 0 atom stereocenters. The molecule has 7 heteroatoms. The van der Waals surface area contributed by atoms with Gasteiger partial charge in [0.05, 0.1) is 5.69 Å². The van der Waals surface area contributed by atoms with Crippen LogP contribution in [-0.4, -0.2) is 20.7 Å². The van der Waals surface area contributed by atoms with E-state index in [0.29, 0.717) is 10.9 Å². The zero-order valence-electron chi connectivity index (χ0n) is 19.2. The van der Waals surface area contributed by atoms with E-state index in [1.54, 1.807) is 4.68 Å². The number of carbonyl (C=O) groups is 1. The second-order valence-electron chi connectivity index (χ2n) is 9.10. The van der Waals surface area contributed by atoms with Crippen LogP contribution < -0.4 is 5.32 Å². The fourth-order valence-corrected chi connectivity index (χ4v) is 5.53. The predicted molar refractivity (Wildman–Crippen MR) is 133 cm³/mol. The number of hydrogen-bond donors (Lipinski definition) is 1. The van der Waals surface area contributed by atoms with E-state index in [4.69, 9.17) is 9.40 Å². The highest BCUT2D eigenvalue weighted by molar-refractivity contribution is 7.12. The first-order chi connectivity index (χ1) is 16.1. The number of fused-ring (bicyclic) bond motifs is 1. The first-order valence-electron chi connectivity index (χ1n) is 11.9. The Hall–Kier alpha value is -2.93. The van der Waals surface area contributed by atoms with E-state index < -0.39 is 0 Å². The molecule has 33 heavy (non-hydrogen) atoms. The third-order valence-electron chi connectivity index (χ3n) is 6.62. The molecule has 1 aromatic carbocycles. The van der Waals surface area contributed by atoms with Crippen molar-refractivity contribution >= 4 is 34.0 Å². The summed E-state index contributed by atoms with van der Waals surface area (Å²) in [5.74, 6) is 2.37. The van der Waals surface area contributed by atoms with Gasteiger partial charge in [-0.3, -0.25) is 4.79 Å². The molecule has 3 heterocycles. The number of carbonyl (C=O) groups excluding carboxylic acids is 1. The molecule has 0 bridgehead atoms. The van der Waals surface area contributed by atoms with Gasteiger partial charge in [-0.05, 0) is 50.7 Å². The van der Waals surface area contributed by atoms with E-state index >= 15 is 0 Å². The molecule has 0 spiro atoms. The van der Waals surface area contributed by atoms with E-state index in [9.17, 15) is 4.79 Å². The average Bonchev–Trinajstić information content (AvgIpc) is 3.55. The minimum absolute atomic E-state index is 0.0777. The molecule has 1 aliphatic rings. The molecule has 1 amide bonds. The zero-order chi connectivity index (χ0) is 22.8. The fourth-order valence-electron chi connectivity index (χ4n) is 4.75. The summed E-state index contributed by atoms with van der Waals surface area (Å²) >= 11 is 1.48. The van der Waals surface area contributed by atoms with Gasteiger partial charge in [0, 0.05) is 22.8 Å². The number of furan rings is 1. The van der Waals surface area contributed by atoms with Crippen LogP contribution in [0.5, 0.6) is 0 Å². The summed E-state index contributed by atoms with van der Waals surface area (Å²) in [5.41, 5.74) is 2.45. The molecule has 3 aromatic heterocycles. The first kappa shape index (κ1) is 21.9. The van der Waals surface area contributed by atoms with Gasteiger partial charge in [0.1, 0.15) is 17.1 Å². The molecule has 0 saturated heterocycles. The molecule has 4 aromatic rings. The highest BCUT2D eigenvalue weighted by Crippen LogP contribution is 2.34. The summed E-state index contributed by atoms with van der Waals surface area (Å²) in [4.78, 5) is 17.8. The Balaban J connectivity index is 1.30. The predicted octanol–water partition coefficient (Wildman–Crippen LogP) is 6.99. The molecule has 172 valence electrons. The first-order valence-corrected chi connectivity index (χ1v) is 12.8. The lowest BCUT2D eigenvalue weighted by Crippen LogP contribution is -2.28. The van der Waals surface area contributed by atoms with Crippen LogP contribution in [0.2, 0.25) is 0 Å². The number of para-hydroxylation sites is 1. The second kappa shape index (κ2) is 9.51. The van der Waals surface area contributed by atoms with Gasteiger partial charge in [-0.25, -0.2) is 4.98 Å². The Kier molecular flexibility index (Phi) is 6.31. The van der Waals surface area contributed by atoms with Gasteiger partial charge in [-0.15, -0.1) is 11.3 Å². The molecule has 1 aliphatic carbocycles. The topological polar surface area (TPSA) is 73.0 Å². The number of anilines is 1. The van der Waals surface area contributed by atoms with E-state index in [2.05, 4.69) is 17.3 Å². The average molecular weight is 463 g/mol. The lowest BCUT2D eigenvalue weighted by atomic mass is 9.79. The fraction of sp³-hybridized carbons (Fsp3) is 0.423. The molecule has 0 unspecified atom stereocenters. The van der Waals surface area contributed by atoms with Crippen LogP contribution in [0.25, 0.3) is 27.6 Å². The summed E-state index contributed by atoms with van der Waals surface area (Å²) in [6.07, 6.45) is 8.10. The second-order valence-corrected chi connectivity index (χ2v) is 9.93. The Morgan fingerprint density at radius 2 is 2.03 bits per heavy atom. The summed E-state index contributed by atoms with van der Waals surface area (Å²) in [7, 11) is 0. The van der Waals surface area contributed by atoms with Crippen molar-refractivity contribution in [3.63, 3.8) is 0 Å². The van der Waals surface area contributed by atoms with E-state index in [1.165, 1.54) is 30.6 Å². The number of hydrogen-bond acceptors (Lipinski definition) is 5. The van der Waals surface area contributed by atoms with Gasteiger partial charge >= 0.3 is 0 Å². The molecule has 6 nitrogen and oxygen atoms in total. The SMILES string of the molecule is CCCCC1CCC(C(=O)Nc2cc(C)nn2-c2nc(-c3cc4ccccc4o3)cs2)CC1. The highest BCUT2D eigenvalue weighted by Gasteiger charge is 2.27. The van der Waals surface area contributed by atoms with Crippen LogP contribution in [0.4, 0.5) is 5.82 Å². The Labute approximate surface area is 198 Å². The largest absolute Gasteiger partial charge is 0.454 e. The Morgan fingerprint density at radius 3 is 2.82 bits per heavy atom. The Bertz CT molecular complexity index is 1210. The monoisotopic (exact) mass is 462 g/mol. The maximum Gasteiger partial charge on any atom is 0.228 e. The minimum Gasteiger partial charge on any atom is -0.454 e. The van der Waals surface area contributed by atoms with Crippen molar-refractivity contribution in [2.45, 2.75) is 58.8 Å². The molecule has 1 N–H and O–H groups in total. The summed E-state index contributed by atoms with van der Waals surface area (Å²) in [6.45, 7) is 4.17. The normalized spacial score (nSPS) is 18.6. The molecule has 5 rings (SSSR count). The number of nitrogens with one attached hydrogen (secondary N) is 1. The van der Waals surface area contributed by atoms with Crippen molar-refractivity contribution in [2.24, 2.45) is 11.8 Å². The number of amides is 1. The number of aryl methyl sites for hydroxylation is 1. The summed E-state index contributed by atoms with van der Waals surface area (Å²) < 4.78 is 7.69. The molecule has 0 radical (unpaired) electrons. The van der Waals surface area contributed by atoms with Gasteiger partial charge < -0.3 is 9.73 Å². The van der Waals surface area contributed by atoms with Crippen molar-refractivity contribution in [3.8, 4) is 16.6 Å². The smallest absolute Gasteiger partial charge is 0.228 e. The van der Waals surface area contributed by atoms with Crippen molar-refractivity contribution in [1.29, 1.82) is 0 Å². The number of unbranched alkanes of at least 4 members (excludes halogenated alkanes) is 1. The molecular weight excluding hydrogens is 432 g/mol. The molecule has 1 fully saturated rings. The summed E-state index contributed by atoms with van der Waals surface area (Å²) in [5, 5.41) is 11.4. The molecule has 1 saturated carbocycles. The number of benzene rings is 1. The lowest BCUT2D eigenvalue weighted by Gasteiger charge is -2.27. The standard InChI is InChI=1S/C26H30N4O2S/c1-3-4-7-18-10-12-19(13-11-18)25(31)28-24-14-17(2)29-30(24)26-27-21(16-33-26)23-15-20-8-5-6-9-22(20)32-23/h5-6,8-9,14-16,18-19H,3-4,7,10-13H2,1-2H3,(H,28,31). The number of aromatic nitrogens is 3. The lowest BCUT2D eigenvalue weighted by molar-refractivity contribution is -0.121. The van der Waals surface area contributed by atoms with Crippen molar-refractivity contribution in [3.05, 3.63) is 47.5 Å². The Morgan fingerprint density at radius 1 is 1.21 bits per heavy atom. The maximum absolute atomic E-state index is 13.0. The van der Waals surface area contributed by atoms with Crippen LogP contribution in [0, 0.1) is 18.8 Å². The zero-order valence-corrected chi connectivity index (χ0v) is 20.0. The van der Waals surface area contributed by atoms with Gasteiger partial charge in [-0.2, -0.15) is 9.78 Å². The van der Waals surface area contributed by atoms with Crippen molar-refractivity contribution < 1.29 is 9.21 Å². The highest BCUT2D eigenvalue weighted by atomic mass is 32.1. The van der Waals surface area contributed by atoms with Crippen molar-refractivity contribution in [2.75, 3.05) is 5.32 Å². The quantitative estimate of drug-likeness (QED) is 0.321. The third kappa shape index (κ3) is 4.74. The van der Waals surface area contributed by atoms with Gasteiger partial charge in [0.25, 0.3) is 0 Å². The third-order valence-corrected chi connectivity index (χ3v) is 7.43. The van der Waals surface area contributed by atoms with Gasteiger partial charge in [0.15, 0.2) is 5.76 Å². The van der Waals surface area contributed by atoms with Crippen LogP contribution in [0.3, 0.4) is 0 Å². The number of thiazole rings is 1. The van der Waals surface area contributed by atoms with Gasteiger partial charge in [0.2, 0.25) is 11.0 Å². The van der Waals surface area contributed by atoms with Crippen LogP contribution in [0.1, 0.15) is 57.6 Å². The number of nitrogens with zero attached hydrogens (tertiary/aromatic N) is 3. The van der Waals surface area contributed by atoms with E-state index in [-0.39, 0.29) is 11.8 Å². The van der Waals surface area contributed by atoms with E-state index in [1.807, 2.05) is 48.7 Å². The summed E-state index contributed by atoms with van der Waals surface area (Å²) in [6, 6.07) is 11.8. The minimum atomic E-state index is 0.0777. The van der Waals surface area contributed by atoms with Crippen LogP contribution >= 0.6 is 11.3 Å². The molecular formula is C26H30N4O2S. The van der Waals surface area contributed by atoms with E-state index in [0.717, 1.165) is 59.7 Å².